The van der Waals surface area contributed by atoms with Gasteiger partial charge in [-0.2, -0.15) is 0 Å². The van der Waals surface area contributed by atoms with Crippen LogP contribution in [0.4, 0.5) is 5.69 Å². The minimum Gasteiger partial charge on any atom is -0.324 e. The molecule has 4 aromatic rings. The van der Waals surface area contributed by atoms with E-state index >= 15 is 0 Å². The first kappa shape index (κ1) is 25.1. The summed E-state index contributed by atoms with van der Waals surface area (Å²) in [6.45, 7) is 6.91. The van der Waals surface area contributed by atoms with E-state index in [0.717, 1.165) is 22.5 Å². The first-order valence-electron chi connectivity index (χ1n) is 10.4. The first-order chi connectivity index (χ1) is 16.3. The van der Waals surface area contributed by atoms with E-state index in [2.05, 4.69) is 59.0 Å². The van der Waals surface area contributed by atoms with Crippen molar-refractivity contribution in [2.45, 2.75) is 32.5 Å². The maximum Gasteiger partial charge on any atom is 0.234 e. The second kappa shape index (κ2) is 10.7. The molecule has 0 saturated carbocycles. The third-order valence-corrected chi connectivity index (χ3v) is 8.12. The van der Waals surface area contributed by atoms with Crippen molar-refractivity contribution in [2.75, 3.05) is 11.1 Å². The van der Waals surface area contributed by atoms with Gasteiger partial charge in [-0.15, -0.1) is 21.5 Å². The van der Waals surface area contributed by atoms with Gasteiger partial charge in [-0.05, 0) is 38.5 Å². The number of nitrogens with zero attached hydrogens (tertiary/aromatic N) is 3. The van der Waals surface area contributed by atoms with E-state index in [1.165, 1.54) is 34.3 Å². The summed E-state index contributed by atoms with van der Waals surface area (Å²) in [5, 5.41) is 15.4. The van der Waals surface area contributed by atoms with Crippen LogP contribution in [0.1, 0.15) is 17.4 Å². The van der Waals surface area contributed by atoms with Gasteiger partial charge in [0, 0.05) is 27.9 Å². The molecule has 2 heterocycles. The second-order valence-corrected chi connectivity index (χ2v) is 10.8. The number of hydrogen-bond donors (Lipinski definition) is 1. The summed E-state index contributed by atoms with van der Waals surface area (Å²) < 4.78 is 2.03. The Morgan fingerprint density at radius 1 is 1.06 bits per heavy atom. The summed E-state index contributed by atoms with van der Waals surface area (Å²) in [6, 6.07) is 11.5. The average molecular weight is 552 g/mol. The van der Waals surface area contributed by atoms with Crippen molar-refractivity contribution in [2.24, 2.45) is 0 Å². The number of hydrogen-bond acceptors (Lipinski definition) is 5. The van der Waals surface area contributed by atoms with Crippen LogP contribution in [0.15, 0.2) is 46.9 Å². The Bertz CT molecular complexity index is 1350. The van der Waals surface area contributed by atoms with Gasteiger partial charge in [-0.25, -0.2) is 0 Å². The molecular formula is C24H21Cl3N4OS2. The predicted octanol–water partition coefficient (Wildman–Crippen LogP) is 8.00. The SMILES string of the molecule is CCn1c(SCC(=O)Nc2cc(Cl)c(Cl)cc2Cl)nnc1-c1csc(C)c1-c1ccc(C)cc1. The summed E-state index contributed by atoms with van der Waals surface area (Å²) >= 11 is 21.2. The van der Waals surface area contributed by atoms with Crippen LogP contribution >= 0.6 is 57.9 Å². The fourth-order valence-corrected chi connectivity index (χ4v) is 5.77. The van der Waals surface area contributed by atoms with Crippen LogP contribution in [0.3, 0.4) is 0 Å². The highest BCUT2D eigenvalue weighted by Crippen LogP contribution is 2.39. The van der Waals surface area contributed by atoms with Crippen molar-refractivity contribution in [3.8, 4) is 22.5 Å². The van der Waals surface area contributed by atoms with E-state index in [4.69, 9.17) is 34.8 Å². The zero-order valence-corrected chi connectivity index (χ0v) is 22.6. The van der Waals surface area contributed by atoms with Gasteiger partial charge in [0.2, 0.25) is 5.91 Å². The third kappa shape index (κ3) is 5.29. The van der Waals surface area contributed by atoms with Crippen LogP contribution in [0.5, 0.6) is 0 Å². The van der Waals surface area contributed by atoms with Crippen LogP contribution in [-0.2, 0) is 11.3 Å². The lowest BCUT2D eigenvalue weighted by Gasteiger charge is -2.10. The second-order valence-electron chi connectivity index (χ2n) is 7.58. The molecule has 0 aliphatic heterocycles. The van der Waals surface area contributed by atoms with Crippen molar-refractivity contribution in [1.82, 2.24) is 14.8 Å². The molecule has 0 bridgehead atoms. The number of aromatic nitrogens is 3. The maximum atomic E-state index is 12.6. The maximum absolute atomic E-state index is 12.6. The molecule has 1 amide bonds. The lowest BCUT2D eigenvalue weighted by Crippen LogP contribution is -2.15. The highest BCUT2D eigenvalue weighted by atomic mass is 35.5. The molecule has 0 radical (unpaired) electrons. The van der Waals surface area contributed by atoms with Gasteiger partial charge >= 0.3 is 0 Å². The topological polar surface area (TPSA) is 59.8 Å². The number of halogens is 3. The van der Waals surface area contributed by atoms with Gasteiger partial charge < -0.3 is 9.88 Å². The molecule has 0 atom stereocenters. The van der Waals surface area contributed by atoms with Gasteiger partial charge in [0.25, 0.3) is 0 Å². The van der Waals surface area contributed by atoms with Crippen molar-refractivity contribution in [3.63, 3.8) is 0 Å². The number of rotatable bonds is 7. The Balaban J connectivity index is 1.55. The Kier molecular flexibility index (Phi) is 7.90. The number of aryl methyl sites for hydroxylation is 2. The number of carbonyl (C=O) groups is 1. The molecule has 0 aliphatic carbocycles. The molecular weight excluding hydrogens is 531 g/mol. The largest absolute Gasteiger partial charge is 0.324 e. The highest BCUT2D eigenvalue weighted by molar-refractivity contribution is 7.99. The number of carbonyl (C=O) groups excluding carboxylic acids is 1. The Hall–Kier alpha value is -2.03. The monoisotopic (exact) mass is 550 g/mol. The fourth-order valence-electron chi connectivity index (χ4n) is 3.51. The van der Waals surface area contributed by atoms with Crippen molar-refractivity contribution in [1.29, 1.82) is 0 Å². The number of amides is 1. The average Bonchev–Trinajstić information content (AvgIpc) is 3.39. The lowest BCUT2D eigenvalue weighted by atomic mass is 10.0. The van der Waals surface area contributed by atoms with Crippen molar-refractivity contribution < 1.29 is 4.79 Å². The van der Waals surface area contributed by atoms with E-state index in [1.54, 1.807) is 11.3 Å². The normalized spacial score (nSPS) is 11.1. The van der Waals surface area contributed by atoms with E-state index in [1.807, 2.05) is 11.5 Å². The van der Waals surface area contributed by atoms with Gasteiger partial charge in [0.15, 0.2) is 11.0 Å². The smallest absolute Gasteiger partial charge is 0.234 e. The molecule has 0 unspecified atom stereocenters. The van der Waals surface area contributed by atoms with Gasteiger partial charge in [0.1, 0.15) is 0 Å². The highest BCUT2D eigenvalue weighted by Gasteiger charge is 2.20. The van der Waals surface area contributed by atoms with E-state index < -0.39 is 0 Å². The summed E-state index contributed by atoms with van der Waals surface area (Å²) in [4.78, 5) is 13.8. The predicted molar refractivity (Wildman–Crippen MR) is 145 cm³/mol. The first-order valence-corrected chi connectivity index (χ1v) is 13.4. The summed E-state index contributed by atoms with van der Waals surface area (Å²) in [5.74, 6) is 0.699. The molecule has 4 rings (SSSR count). The molecule has 0 spiro atoms. The van der Waals surface area contributed by atoms with E-state index in [0.29, 0.717) is 32.5 Å². The fraction of sp³-hybridized carbons (Fsp3) is 0.208. The lowest BCUT2D eigenvalue weighted by molar-refractivity contribution is -0.113. The third-order valence-electron chi connectivity index (χ3n) is 5.21. The minimum absolute atomic E-state index is 0.141. The molecule has 10 heteroatoms. The van der Waals surface area contributed by atoms with Gasteiger partial charge in [0.05, 0.1) is 26.5 Å². The number of thioether (sulfide) groups is 1. The molecule has 34 heavy (non-hydrogen) atoms. The molecule has 0 fully saturated rings. The minimum atomic E-state index is -0.232. The van der Waals surface area contributed by atoms with E-state index in [-0.39, 0.29) is 11.7 Å². The zero-order chi connectivity index (χ0) is 24.4. The van der Waals surface area contributed by atoms with Crippen LogP contribution in [0, 0.1) is 13.8 Å². The van der Waals surface area contributed by atoms with Crippen molar-refractivity contribution >= 4 is 69.5 Å². The Labute approximate surface area is 221 Å². The zero-order valence-electron chi connectivity index (χ0n) is 18.7. The number of nitrogens with one attached hydrogen (secondary N) is 1. The quantitative estimate of drug-likeness (QED) is 0.187. The van der Waals surface area contributed by atoms with Crippen LogP contribution in [-0.4, -0.2) is 26.4 Å². The number of thiophene rings is 1. The van der Waals surface area contributed by atoms with Gasteiger partial charge in [-0.1, -0.05) is 76.4 Å². The molecule has 2 aromatic heterocycles. The molecule has 2 aromatic carbocycles. The molecule has 5 nitrogen and oxygen atoms in total. The molecule has 1 N–H and O–H groups in total. The molecule has 0 aliphatic rings. The van der Waals surface area contributed by atoms with Crippen molar-refractivity contribution in [3.05, 3.63) is 67.3 Å². The molecule has 176 valence electrons. The summed E-state index contributed by atoms with van der Waals surface area (Å²) in [6.07, 6.45) is 0. The summed E-state index contributed by atoms with van der Waals surface area (Å²) in [7, 11) is 0. The number of benzene rings is 2. The number of anilines is 1. The van der Waals surface area contributed by atoms with Crippen LogP contribution in [0.2, 0.25) is 15.1 Å². The Morgan fingerprint density at radius 2 is 1.76 bits per heavy atom. The molecule has 0 saturated heterocycles. The van der Waals surface area contributed by atoms with Crippen LogP contribution < -0.4 is 5.32 Å². The van der Waals surface area contributed by atoms with Crippen LogP contribution in [0.25, 0.3) is 22.5 Å². The van der Waals surface area contributed by atoms with Gasteiger partial charge in [-0.3, -0.25) is 4.79 Å². The van der Waals surface area contributed by atoms with E-state index in [9.17, 15) is 4.79 Å². The standard InChI is InChI=1S/C24H21Cl3N4OS2/c1-4-31-23(16-11-33-14(3)22(16)15-7-5-13(2)6-8-15)29-30-24(31)34-12-21(32)28-20-10-18(26)17(25)9-19(20)27/h5-11H,4,12H2,1-3H3,(H,28,32). The summed E-state index contributed by atoms with van der Waals surface area (Å²) in [5.41, 5.74) is 4.98. The Morgan fingerprint density at radius 3 is 2.47 bits per heavy atom.